The maximum Gasteiger partial charge on any atom is 0.229 e. The van der Waals surface area contributed by atoms with Crippen molar-refractivity contribution < 1.29 is 14.1 Å². The van der Waals surface area contributed by atoms with E-state index in [0.717, 1.165) is 89.4 Å². The van der Waals surface area contributed by atoms with Crippen molar-refractivity contribution in [3.05, 3.63) is 11.7 Å². The molecule has 1 aliphatic carbocycles. The van der Waals surface area contributed by atoms with Crippen LogP contribution in [0.4, 0.5) is 0 Å². The quantitative estimate of drug-likeness (QED) is 0.751. The van der Waals surface area contributed by atoms with Gasteiger partial charge >= 0.3 is 0 Å². The van der Waals surface area contributed by atoms with Crippen molar-refractivity contribution in [1.29, 1.82) is 0 Å². The van der Waals surface area contributed by atoms with Gasteiger partial charge in [0.05, 0.1) is 5.60 Å². The van der Waals surface area contributed by atoms with Gasteiger partial charge in [0.2, 0.25) is 11.8 Å². The molecule has 1 amide bonds. The van der Waals surface area contributed by atoms with Crippen molar-refractivity contribution in [2.75, 3.05) is 39.8 Å². The third-order valence-electron chi connectivity index (χ3n) is 8.06. The van der Waals surface area contributed by atoms with Crippen LogP contribution >= 0.6 is 0 Å². The second-order valence-corrected chi connectivity index (χ2v) is 10.2. The van der Waals surface area contributed by atoms with Gasteiger partial charge in [0, 0.05) is 38.0 Å². The lowest BCUT2D eigenvalue weighted by Gasteiger charge is -2.47. The summed E-state index contributed by atoms with van der Waals surface area (Å²) in [6.07, 6.45) is 10.6. The van der Waals surface area contributed by atoms with Crippen LogP contribution in [-0.2, 0) is 16.0 Å². The van der Waals surface area contributed by atoms with Gasteiger partial charge in [-0.3, -0.25) is 4.79 Å². The fraction of sp³-hybridized carbons (Fsp3) is 0.870. The lowest BCUT2D eigenvalue weighted by atomic mass is 9.78. The highest BCUT2D eigenvalue weighted by Crippen LogP contribution is 2.40. The molecule has 0 N–H and O–H groups in total. The number of ether oxygens (including phenoxy) is 1. The molecule has 4 heterocycles. The van der Waals surface area contributed by atoms with E-state index in [9.17, 15) is 4.79 Å². The number of rotatable bonds is 4. The summed E-state index contributed by atoms with van der Waals surface area (Å²) in [5.41, 5.74) is -0.0625. The largest absolute Gasteiger partial charge is 0.375 e. The van der Waals surface area contributed by atoms with E-state index in [1.807, 2.05) is 0 Å². The average molecular weight is 417 g/mol. The summed E-state index contributed by atoms with van der Waals surface area (Å²) >= 11 is 0. The predicted molar refractivity (Wildman–Crippen MR) is 112 cm³/mol. The number of aromatic nitrogens is 2. The van der Waals surface area contributed by atoms with Crippen LogP contribution in [0.2, 0.25) is 0 Å². The Balaban J connectivity index is 1.13. The summed E-state index contributed by atoms with van der Waals surface area (Å²) in [7, 11) is 2.14. The van der Waals surface area contributed by atoms with Gasteiger partial charge in [-0.1, -0.05) is 11.6 Å². The van der Waals surface area contributed by atoms with E-state index in [1.54, 1.807) is 0 Å². The van der Waals surface area contributed by atoms with Gasteiger partial charge in [-0.05, 0) is 77.4 Å². The molecule has 4 fully saturated rings. The lowest BCUT2D eigenvalue weighted by molar-refractivity contribution is -0.151. The van der Waals surface area contributed by atoms with Gasteiger partial charge < -0.3 is 19.1 Å². The lowest BCUT2D eigenvalue weighted by Crippen LogP contribution is -2.52. The molecule has 0 radical (unpaired) electrons. The van der Waals surface area contributed by atoms with E-state index in [4.69, 9.17) is 9.26 Å². The Morgan fingerprint density at radius 2 is 1.87 bits per heavy atom. The molecular weight excluding hydrogens is 380 g/mol. The van der Waals surface area contributed by atoms with Crippen molar-refractivity contribution >= 4 is 5.91 Å². The molecule has 0 aromatic carbocycles. The topological polar surface area (TPSA) is 71.7 Å². The first-order valence-corrected chi connectivity index (χ1v) is 12.0. The molecule has 30 heavy (non-hydrogen) atoms. The summed E-state index contributed by atoms with van der Waals surface area (Å²) < 4.78 is 11.8. The smallest absolute Gasteiger partial charge is 0.229 e. The van der Waals surface area contributed by atoms with Crippen LogP contribution in [-0.4, -0.2) is 71.3 Å². The summed E-state index contributed by atoms with van der Waals surface area (Å²) in [4.78, 5) is 22.1. The summed E-state index contributed by atoms with van der Waals surface area (Å²) in [6, 6.07) is 0. The molecule has 7 heteroatoms. The highest BCUT2D eigenvalue weighted by Gasteiger charge is 2.42. The van der Waals surface area contributed by atoms with Crippen molar-refractivity contribution in [2.24, 2.45) is 11.8 Å². The summed E-state index contributed by atoms with van der Waals surface area (Å²) in [6.45, 7) is 4.56. The Morgan fingerprint density at radius 3 is 2.57 bits per heavy atom. The number of piperidine rings is 2. The molecule has 166 valence electrons. The molecule has 1 aromatic rings. The summed E-state index contributed by atoms with van der Waals surface area (Å²) in [5.74, 6) is 3.35. The maximum absolute atomic E-state index is 13.0. The molecule has 1 saturated carbocycles. The van der Waals surface area contributed by atoms with E-state index >= 15 is 0 Å². The monoisotopic (exact) mass is 416 g/mol. The van der Waals surface area contributed by atoms with E-state index in [1.165, 1.54) is 19.3 Å². The zero-order chi connectivity index (χ0) is 20.6. The van der Waals surface area contributed by atoms with Gasteiger partial charge in [0.15, 0.2) is 5.82 Å². The molecular formula is C23H36N4O3. The second-order valence-electron chi connectivity index (χ2n) is 10.2. The first kappa shape index (κ1) is 20.4. The molecule has 1 aromatic heterocycles. The van der Waals surface area contributed by atoms with Crippen LogP contribution in [0.3, 0.4) is 0 Å². The zero-order valence-corrected chi connectivity index (χ0v) is 18.4. The fourth-order valence-corrected chi connectivity index (χ4v) is 5.73. The SMILES string of the molecule is CN1CCC(C(=O)N2CCC3(CC2)CC(Cc2noc(C4CCC4)n2)CCO3)CC1. The van der Waals surface area contributed by atoms with E-state index in [0.29, 0.717) is 17.7 Å². The minimum atomic E-state index is -0.0625. The Bertz CT molecular complexity index is 731. The Labute approximate surface area is 179 Å². The van der Waals surface area contributed by atoms with Crippen LogP contribution in [0.5, 0.6) is 0 Å². The fourth-order valence-electron chi connectivity index (χ4n) is 5.73. The predicted octanol–water partition coefficient (Wildman–Crippen LogP) is 3.01. The molecule has 3 aliphatic heterocycles. The number of hydrogen-bond acceptors (Lipinski definition) is 6. The van der Waals surface area contributed by atoms with E-state index in [-0.39, 0.29) is 11.5 Å². The van der Waals surface area contributed by atoms with Crippen LogP contribution in [0.25, 0.3) is 0 Å². The number of hydrogen-bond donors (Lipinski definition) is 0. The molecule has 1 atom stereocenters. The number of nitrogens with zero attached hydrogens (tertiary/aromatic N) is 4. The van der Waals surface area contributed by atoms with E-state index < -0.39 is 0 Å². The van der Waals surface area contributed by atoms with E-state index in [2.05, 4.69) is 27.0 Å². The normalized spacial score (nSPS) is 28.6. The highest BCUT2D eigenvalue weighted by molar-refractivity contribution is 5.79. The molecule has 1 spiro atoms. The van der Waals surface area contributed by atoms with Gasteiger partial charge in [-0.2, -0.15) is 4.98 Å². The Morgan fingerprint density at radius 1 is 1.10 bits per heavy atom. The second kappa shape index (κ2) is 8.58. The van der Waals surface area contributed by atoms with Crippen LogP contribution in [0.1, 0.15) is 75.4 Å². The van der Waals surface area contributed by atoms with Gasteiger partial charge in [-0.15, -0.1) is 0 Å². The maximum atomic E-state index is 13.0. The van der Waals surface area contributed by atoms with Crippen LogP contribution < -0.4 is 0 Å². The number of amides is 1. The molecule has 1 unspecified atom stereocenters. The van der Waals surface area contributed by atoms with Crippen LogP contribution in [0, 0.1) is 11.8 Å². The Hall–Kier alpha value is -1.47. The van der Waals surface area contributed by atoms with Crippen molar-refractivity contribution in [1.82, 2.24) is 19.9 Å². The first-order valence-electron chi connectivity index (χ1n) is 12.0. The van der Waals surface area contributed by atoms with Crippen molar-refractivity contribution in [3.63, 3.8) is 0 Å². The summed E-state index contributed by atoms with van der Waals surface area (Å²) in [5, 5.41) is 4.26. The number of carbonyl (C=O) groups excluding carboxylic acids is 1. The highest BCUT2D eigenvalue weighted by atomic mass is 16.5. The van der Waals surface area contributed by atoms with Crippen molar-refractivity contribution in [3.8, 4) is 0 Å². The minimum absolute atomic E-state index is 0.0625. The van der Waals surface area contributed by atoms with Crippen LogP contribution in [0.15, 0.2) is 4.52 Å². The molecule has 5 rings (SSSR count). The van der Waals surface area contributed by atoms with Gasteiger partial charge in [-0.25, -0.2) is 0 Å². The molecule has 7 nitrogen and oxygen atoms in total. The molecule has 3 saturated heterocycles. The third-order valence-corrected chi connectivity index (χ3v) is 8.06. The first-order chi connectivity index (χ1) is 14.6. The zero-order valence-electron chi connectivity index (χ0n) is 18.4. The Kier molecular flexibility index (Phi) is 5.84. The average Bonchev–Trinajstić information content (AvgIpc) is 3.15. The number of carbonyl (C=O) groups is 1. The number of likely N-dealkylation sites (tertiary alicyclic amines) is 2. The molecule has 4 aliphatic rings. The standard InChI is InChI=1S/C23H36N4O3/c1-26-10-5-19(6-11-26)22(28)27-12-8-23(9-13-27)16-17(7-14-29-23)15-20-24-21(30-25-20)18-3-2-4-18/h17-19H,2-16H2,1H3. The van der Waals surface area contributed by atoms with Gasteiger partial charge in [0.1, 0.15) is 0 Å². The molecule has 0 bridgehead atoms. The third kappa shape index (κ3) is 4.28. The van der Waals surface area contributed by atoms with Crippen molar-refractivity contribution in [2.45, 2.75) is 75.7 Å². The van der Waals surface area contributed by atoms with Gasteiger partial charge in [0.25, 0.3) is 0 Å². The minimum Gasteiger partial charge on any atom is -0.375 e.